The second kappa shape index (κ2) is 8.71. The lowest BCUT2D eigenvalue weighted by atomic mass is 10.1. The Morgan fingerprint density at radius 2 is 1.82 bits per heavy atom. The van der Waals surface area contributed by atoms with Gasteiger partial charge in [-0.15, -0.1) is 10.2 Å². The van der Waals surface area contributed by atoms with Crippen LogP contribution in [0, 0.1) is 6.92 Å². The Morgan fingerprint density at radius 3 is 2.50 bits per heavy atom. The highest BCUT2D eigenvalue weighted by molar-refractivity contribution is 7.99. The zero-order valence-electron chi connectivity index (χ0n) is 15.5. The molecule has 0 fully saturated rings. The van der Waals surface area contributed by atoms with Gasteiger partial charge in [0.2, 0.25) is 5.91 Å². The van der Waals surface area contributed by atoms with Crippen molar-refractivity contribution in [3.8, 4) is 11.4 Å². The summed E-state index contributed by atoms with van der Waals surface area (Å²) in [5, 5.41) is 20.8. The third kappa shape index (κ3) is 4.58. The Hall–Kier alpha value is -3.13. The number of carbonyl (C=O) groups is 2. The van der Waals surface area contributed by atoms with E-state index in [9.17, 15) is 9.59 Å². The summed E-state index contributed by atoms with van der Waals surface area (Å²) in [6, 6.07) is 14.4. The third-order valence-electron chi connectivity index (χ3n) is 4.24. The van der Waals surface area contributed by atoms with E-state index in [1.807, 2.05) is 42.8 Å². The van der Waals surface area contributed by atoms with Crippen molar-refractivity contribution < 1.29 is 14.7 Å². The van der Waals surface area contributed by atoms with E-state index in [1.54, 1.807) is 12.1 Å². The number of carboxylic acid groups (broad SMARTS) is 1. The predicted octanol–water partition coefficient (Wildman–Crippen LogP) is 2.90. The highest BCUT2D eigenvalue weighted by Gasteiger charge is 2.14. The van der Waals surface area contributed by atoms with E-state index >= 15 is 0 Å². The summed E-state index contributed by atoms with van der Waals surface area (Å²) < 4.78 is 1.88. The molecule has 28 heavy (non-hydrogen) atoms. The van der Waals surface area contributed by atoms with Gasteiger partial charge in [0.05, 0.1) is 11.3 Å². The quantitative estimate of drug-likeness (QED) is 0.596. The molecule has 0 atom stereocenters. The van der Waals surface area contributed by atoms with Gasteiger partial charge in [-0.3, -0.25) is 4.79 Å². The second-order valence-electron chi connectivity index (χ2n) is 6.25. The van der Waals surface area contributed by atoms with Crippen LogP contribution in [0.15, 0.2) is 53.7 Å². The van der Waals surface area contributed by atoms with Crippen LogP contribution in [-0.2, 0) is 18.4 Å². The van der Waals surface area contributed by atoms with Crippen LogP contribution in [0.5, 0.6) is 0 Å². The molecule has 0 saturated carbocycles. The summed E-state index contributed by atoms with van der Waals surface area (Å²) in [4.78, 5) is 23.0. The van der Waals surface area contributed by atoms with Crippen LogP contribution >= 0.6 is 11.8 Å². The third-order valence-corrected chi connectivity index (χ3v) is 5.26. The number of nitrogens with zero attached hydrogens (tertiary/aromatic N) is 3. The van der Waals surface area contributed by atoms with Crippen LogP contribution < -0.4 is 5.32 Å². The van der Waals surface area contributed by atoms with Gasteiger partial charge in [0, 0.05) is 19.2 Å². The molecule has 0 aliphatic rings. The minimum atomic E-state index is -0.972. The van der Waals surface area contributed by atoms with Crippen LogP contribution in [0.2, 0.25) is 0 Å². The smallest absolute Gasteiger partial charge is 0.335 e. The Bertz CT molecular complexity index is 999. The molecule has 8 heteroatoms. The minimum Gasteiger partial charge on any atom is -0.478 e. The van der Waals surface area contributed by atoms with Crippen molar-refractivity contribution in [1.82, 2.24) is 20.1 Å². The number of aryl methyl sites for hydroxylation is 1. The number of aromatic nitrogens is 3. The summed E-state index contributed by atoms with van der Waals surface area (Å²) in [6.07, 6.45) is 0. The van der Waals surface area contributed by atoms with Gasteiger partial charge in [0.15, 0.2) is 11.0 Å². The molecule has 2 aromatic carbocycles. The Kier molecular flexibility index (Phi) is 6.10. The highest BCUT2D eigenvalue weighted by atomic mass is 32.2. The molecule has 0 aliphatic carbocycles. The van der Waals surface area contributed by atoms with Crippen LogP contribution in [0.4, 0.5) is 0 Å². The molecular formula is C20H20N4O3S. The van der Waals surface area contributed by atoms with Gasteiger partial charge in [-0.1, -0.05) is 48.2 Å². The van der Waals surface area contributed by atoms with Crippen molar-refractivity contribution in [2.75, 3.05) is 5.75 Å². The van der Waals surface area contributed by atoms with Crippen molar-refractivity contribution in [1.29, 1.82) is 0 Å². The maximum atomic E-state index is 12.1. The van der Waals surface area contributed by atoms with E-state index in [-0.39, 0.29) is 17.2 Å². The molecule has 1 amide bonds. The summed E-state index contributed by atoms with van der Waals surface area (Å²) in [5.41, 5.74) is 3.18. The zero-order valence-corrected chi connectivity index (χ0v) is 16.4. The summed E-state index contributed by atoms with van der Waals surface area (Å²) >= 11 is 1.32. The van der Waals surface area contributed by atoms with E-state index in [4.69, 9.17) is 5.11 Å². The minimum absolute atomic E-state index is 0.132. The fourth-order valence-electron chi connectivity index (χ4n) is 2.65. The first-order valence-electron chi connectivity index (χ1n) is 8.63. The van der Waals surface area contributed by atoms with Gasteiger partial charge in [0.25, 0.3) is 0 Å². The molecule has 0 unspecified atom stereocenters. The number of aromatic carboxylic acids is 1. The molecule has 7 nitrogen and oxygen atoms in total. The van der Waals surface area contributed by atoms with Crippen LogP contribution in [-0.4, -0.2) is 37.5 Å². The monoisotopic (exact) mass is 396 g/mol. The number of amides is 1. The van der Waals surface area contributed by atoms with E-state index in [0.717, 1.165) is 22.5 Å². The molecule has 1 heterocycles. The standard InChI is InChI=1S/C20H20N4O3S/c1-13-5-3-4-6-16(13)18-22-23-20(24(18)2)28-12-17(25)21-11-14-7-9-15(10-8-14)19(26)27/h3-10H,11-12H2,1-2H3,(H,21,25)(H,26,27). The lowest BCUT2D eigenvalue weighted by Gasteiger charge is -2.07. The summed E-state index contributed by atoms with van der Waals surface area (Å²) in [5.74, 6) is -0.125. The number of carbonyl (C=O) groups excluding carboxylic acids is 1. The van der Waals surface area contributed by atoms with Crippen molar-refractivity contribution in [3.05, 3.63) is 65.2 Å². The Labute approximate surface area is 166 Å². The second-order valence-corrected chi connectivity index (χ2v) is 7.19. The average molecular weight is 396 g/mol. The molecule has 3 aromatic rings. The fourth-order valence-corrected chi connectivity index (χ4v) is 3.39. The van der Waals surface area contributed by atoms with Gasteiger partial charge in [-0.25, -0.2) is 4.79 Å². The van der Waals surface area contributed by atoms with Crippen LogP contribution in [0.3, 0.4) is 0 Å². The van der Waals surface area contributed by atoms with E-state index in [2.05, 4.69) is 15.5 Å². The van der Waals surface area contributed by atoms with E-state index in [0.29, 0.717) is 11.7 Å². The average Bonchev–Trinajstić information content (AvgIpc) is 3.05. The lowest BCUT2D eigenvalue weighted by Crippen LogP contribution is -2.24. The first kappa shape index (κ1) is 19.6. The van der Waals surface area contributed by atoms with Crippen molar-refractivity contribution in [2.24, 2.45) is 7.05 Å². The predicted molar refractivity (Wildman–Crippen MR) is 107 cm³/mol. The number of rotatable bonds is 7. The molecule has 0 spiro atoms. The molecule has 0 aliphatic heterocycles. The molecule has 0 saturated heterocycles. The molecule has 2 N–H and O–H groups in total. The molecule has 1 aromatic heterocycles. The van der Waals surface area contributed by atoms with Gasteiger partial charge in [0.1, 0.15) is 0 Å². The SMILES string of the molecule is Cc1ccccc1-c1nnc(SCC(=O)NCc2ccc(C(=O)O)cc2)n1C. The van der Waals surface area contributed by atoms with E-state index in [1.165, 1.54) is 23.9 Å². The number of carboxylic acids is 1. The molecule has 3 rings (SSSR count). The maximum absolute atomic E-state index is 12.1. The Morgan fingerprint density at radius 1 is 1.11 bits per heavy atom. The topological polar surface area (TPSA) is 97.1 Å². The van der Waals surface area contributed by atoms with Crippen LogP contribution in [0.1, 0.15) is 21.5 Å². The number of hydrogen-bond acceptors (Lipinski definition) is 5. The number of thioether (sulfide) groups is 1. The molecular weight excluding hydrogens is 376 g/mol. The summed E-state index contributed by atoms with van der Waals surface area (Å²) in [7, 11) is 1.88. The highest BCUT2D eigenvalue weighted by Crippen LogP contribution is 2.24. The van der Waals surface area contributed by atoms with Gasteiger partial charge >= 0.3 is 5.97 Å². The maximum Gasteiger partial charge on any atom is 0.335 e. The van der Waals surface area contributed by atoms with Gasteiger partial charge in [-0.2, -0.15) is 0 Å². The first-order chi connectivity index (χ1) is 13.5. The van der Waals surface area contributed by atoms with Crippen molar-refractivity contribution >= 4 is 23.6 Å². The number of benzene rings is 2. The largest absolute Gasteiger partial charge is 0.478 e. The fraction of sp³-hybridized carbons (Fsp3) is 0.200. The van der Waals surface area contributed by atoms with Gasteiger partial charge < -0.3 is 15.0 Å². The Balaban J connectivity index is 1.55. The van der Waals surface area contributed by atoms with Crippen molar-refractivity contribution in [2.45, 2.75) is 18.6 Å². The van der Waals surface area contributed by atoms with Crippen molar-refractivity contribution in [3.63, 3.8) is 0 Å². The summed E-state index contributed by atoms with van der Waals surface area (Å²) in [6.45, 7) is 2.36. The molecule has 144 valence electrons. The molecule has 0 bridgehead atoms. The van der Waals surface area contributed by atoms with E-state index < -0.39 is 5.97 Å². The normalized spacial score (nSPS) is 10.6. The lowest BCUT2D eigenvalue weighted by molar-refractivity contribution is -0.118. The van der Waals surface area contributed by atoms with Gasteiger partial charge in [-0.05, 0) is 30.2 Å². The molecule has 0 radical (unpaired) electrons. The zero-order chi connectivity index (χ0) is 20.1. The number of nitrogens with one attached hydrogen (secondary N) is 1. The first-order valence-corrected chi connectivity index (χ1v) is 9.61. The number of hydrogen-bond donors (Lipinski definition) is 2. The van der Waals surface area contributed by atoms with Crippen LogP contribution in [0.25, 0.3) is 11.4 Å².